The van der Waals surface area contributed by atoms with Crippen LogP contribution >= 0.6 is 11.6 Å². The summed E-state index contributed by atoms with van der Waals surface area (Å²) < 4.78 is 10.7. The van der Waals surface area contributed by atoms with Gasteiger partial charge in [0.15, 0.2) is 0 Å². The molecule has 2 aromatic rings. The highest BCUT2D eigenvalue weighted by Crippen LogP contribution is 2.27. The molecule has 5 nitrogen and oxygen atoms in total. The van der Waals surface area contributed by atoms with Crippen LogP contribution in [0, 0.1) is 0 Å². The minimum Gasteiger partial charge on any atom is -0.469 e. The first kappa shape index (κ1) is 18.0. The van der Waals surface area contributed by atoms with E-state index in [1.165, 1.54) is 0 Å². The molecule has 2 heterocycles. The van der Waals surface area contributed by atoms with Gasteiger partial charge in [0.2, 0.25) is 5.91 Å². The Bertz CT molecular complexity index is 669. The second-order valence-corrected chi connectivity index (χ2v) is 6.48. The van der Waals surface area contributed by atoms with E-state index in [-0.39, 0.29) is 11.9 Å². The summed E-state index contributed by atoms with van der Waals surface area (Å²) in [5, 5.41) is 3.77. The first-order valence-electron chi connectivity index (χ1n) is 8.59. The van der Waals surface area contributed by atoms with Crippen molar-refractivity contribution in [2.45, 2.75) is 18.9 Å². The summed E-state index contributed by atoms with van der Waals surface area (Å²) in [6.45, 7) is 3.60. The summed E-state index contributed by atoms with van der Waals surface area (Å²) in [7, 11) is 0. The third-order valence-corrected chi connectivity index (χ3v) is 4.77. The van der Waals surface area contributed by atoms with E-state index in [0.717, 1.165) is 29.4 Å². The quantitative estimate of drug-likeness (QED) is 0.822. The van der Waals surface area contributed by atoms with Gasteiger partial charge < -0.3 is 14.5 Å². The minimum absolute atomic E-state index is 0.0155. The molecule has 0 bridgehead atoms. The number of carbonyl (C=O) groups excluding carboxylic acids is 1. The standard InChI is InChI=1S/C19H23ClN2O3/c20-17-6-2-1-5-16(17)18(22-9-12-24-13-10-22)14-21-19(23)8-7-15-4-3-11-25-15/h1-6,11,18H,7-10,12-14H2,(H,21,23). The average Bonchev–Trinajstić information content (AvgIpc) is 3.16. The Kier molecular flexibility index (Phi) is 6.50. The van der Waals surface area contributed by atoms with E-state index < -0.39 is 0 Å². The van der Waals surface area contributed by atoms with Crippen molar-refractivity contribution in [1.82, 2.24) is 10.2 Å². The van der Waals surface area contributed by atoms with E-state index in [4.69, 9.17) is 20.8 Å². The smallest absolute Gasteiger partial charge is 0.220 e. The van der Waals surface area contributed by atoms with Crippen molar-refractivity contribution in [2.24, 2.45) is 0 Å². The number of halogens is 1. The molecule has 6 heteroatoms. The SMILES string of the molecule is O=C(CCc1ccco1)NCC(c1ccccc1Cl)N1CCOCC1. The minimum atomic E-state index is 0.0155. The van der Waals surface area contributed by atoms with Crippen molar-refractivity contribution in [1.29, 1.82) is 0 Å². The van der Waals surface area contributed by atoms with Gasteiger partial charge in [-0.3, -0.25) is 9.69 Å². The molecule has 134 valence electrons. The molecule has 1 saturated heterocycles. The Hall–Kier alpha value is -1.82. The van der Waals surface area contributed by atoms with Crippen LogP contribution in [0.1, 0.15) is 23.8 Å². The highest BCUT2D eigenvalue weighted by molar-refractivity contribution is 6.31. The molecular formula is C19H23ClN2O3. The predicted molar refractivity (Wildman–Crippen MR) is 96.6 cm³/mol. The summed E-state index contributed by atoms with van der Waals surface area (Å²) in [5.41, 5.74) is 1.04. The summed E-state index contributed by atoms with van der Waals surface area (Å²) in [4.78, 5) is 14.5. The Balaban J connectivity index is 1.61. The maximum atomic E-state index is 12.2. The Morgan fingerprint density at radius 1 is 1.20 bits per heavy atom. The molecule has 1 aliphatic heterocycles. The highest BCUT2D eigenvalue weighted by Gasteiger charge is 2.24. The Morgan fingerprint density at radius 2 is 2.00 bits per heavy atom. The van der Waals surface area contributed by atoms with Crippen molar-refractivity contribution in [3.05, 3.63) is 59.0 Å². The van der Waals surface area contributed by atoms with Crippen LogP contribution in [0.2, 0.25) is 5.02 Å². The second-order valence-electron chi connectivity index (χ2n) is 6.07. The zero-order chi connectivity index (χ0) is 17.5. The van der Waals surface area contributed by atoms with Gasteiger partial charge in [-0.25, -0.2) is 0 Å². The number of morpholine rings is 1. The summed E-state index contributed by atoms with van der Waals surface area (Å²) in [5.74, 6) is 0.840. The maximum Gasteiger partial charge on any atom is 0.220 e. The molecule has 1 N–H and O–H groups in total. The molecule has 1 aromatic carbocycles. The molecule has 25 heavy (non-hydrogen) atoms. The van der Waals surface area contributed by atoms with Crippen LogP contribution in [0.25, 0.3) is 0 Å². The molecule has 3 rings (SSSR count). The summed E-state index contributed by atoms with van der Waals surface area (Å²) in [6, 6.07) is 11.6. The molecule has 1 aromatic heterocycles. The number of hydrogen-bond acceptors (Lipinski definition) is 4. The molecule has 0 saturated carbocycles. The van der Waals surface area contributed by atoms with Gasteiger partial charge in [0.25, 0.3) is 0 Å². The van der Waals surface area contributed by atoms with Crippen LogP contribution in [0.4, 0.5) is 0 Å². The van der Waals surface area contributed by atoms with E-state index in [2.05, 4.69) is 10.2 Å². The number of hydrogen-bond donors (Lipinski definition) is 1. The molecule has 1 amide bonds. The monoisotopic (exact) mass is 362 g/mol. The first-order chi connectivity index (χ1) is 12.2. The fourth-order valence-electron chi connectivity index (χ4n) is 3.06. The largest absolute Gasteiger partial charge is 0.469 e. The predicted octanol–water partition coefficient (Wildman–Crippen LogP) is 3.06. The molecule has 0 radical (unpaired) electrons. The van der Waals surface area contributed by atoms with E-state index in [0.29, 0.717) is 32.6 Å². The van der Waals surface area contributed by atoms with Crippen LogP contribution in [0.3, 0.4) is 0 Å². The first-order valence-corrected chi connectivity index (χ1v) is 8.97. The number of benzene rings is 1. The number of carbonyl (C=O) groups is 1. The third-order valence-electron chi connectivity index (χ3n) is 4.42. The molecule has 1 aliphatic rings. The topological polar surface area (TPSA) is 54.7 Å². The van der Waals surface area contributed by atoms with E-state index >= 15 is 0 Å². The number of furan rings is 1. The van der Waals surface area contributed by atoms with Crippen molar-refractivity contribution in [3.63, 3.8) is 0 Å². The lowest BCUT2D eigenvalue weighted by molar-refractivity contribution is -0.121. The van der Waals surface area contributed by atoms with Gasteiger partial charge in [-0.1, -0.05) is 29.8 Å². The zero-order valence-corrected chi connectivity index (χ0v) is 14.9. The van der Waals surface area contributed by atoms with E-state index in [1.807, 2.05) is 36.4 Å². The Morgan fingerprint density at radius 3 is 2.72 bits per heavy atom. The summed E-state index contributed by atoms with van der Waals surface area (Å²) >= 11 is 6.40. The van der Waals surface area contributed by atoms with Crippen LogP contribution in [-0.4, -0.2) is 43.7 Å². The molecule has 1 unspecified atom stereocenters. The number of amides is 1. The number of nitrogens with one attached hydrogen (secondary N) is 1. The number of aryl methyl sites for hydroxylation is 1. The molecule has 1 atom stereocenters. The lowest BCUT2D eigenvalue weighted by Crippen LogP contribution is -2.44. The van der Waals surface area contributed by atoms with Gasteiger partial charge in [0.1, 0.15) is 5.76 Å². The van der Waals surface area contributed by atoms with Gasteiger partial charge in [-0.05, 0) is 23.8 Å². The van der Waals surface area contributed by atoms with Crippen molar-refractivity contribution in [3.8, 4) is 0 Å². The van der Waals surface area contributed by atoms with Crippen molar-refractivity contribution < 1.29 is 13.9 Å². The van der Waals surface area contributed by atoms with Crippen LogP contribution in [-0.2, 0) is 16.0 Å². The number of nitrogens with zero attached hydrogens (tertiary/aromatic N) is 1. The lowest BCUT2D eigenvalue weighted by Gasteiger charge is -2.35. The average molecular weight is 363 g/mol. The molecular weight excluding hydrogens is 340 g/mol. The maximum absolute atomic E-state index is 12.2. The molecule has 0 spiro atoms. The molecule has 0 aliphatic carbocycles. The summed E-state index contributed by atoms with van der Waals surface area (Å²) in [6.07, 6.45) is 2.64. The van der Waals surface area contributed by atoms with Gasteiger partial charge in [-0.2, -0.15) is 0 Å². The number of ether oxygens (including phenoxy) is 1. The highest BCUT2D eigenvalue weighted by atomic mass is 35.5. The fraction of sp³-hybridized carbons (Fsp3) is 0.421. The van der Waals surface area contributed by atoms with E-state index in [1.54, 1.807) is 6.26 Å². The lowest BCUT2D eigenvalue weighted by atomic mass is 10.0. The van der Waals surface area contributed by atoms with Gasteiger partial charge in [-0.15, -0.1) is 0 Å². The van der Waals surface area contributed by atoms with Gasteiger partial charge in [0, 0.05) is 37.5 Å². The van der Waals surface area contributed by atoms with Gasteiger partial charge >= 0.3 is 0 Å². The Labute approximate surface area is 152 Å². The van der Waals surface area contributed by atoms with Crippen LogP contribution < -0.4 is 5.32 Å². The fourth-order valence-corrected chi connectivity index (χ4v) is 3.32. The van der Waals surface area contributed by atoms with Gasteiger partial charge in [0.05, 0.1) is 25.5 Å². The number of rotatable bonds is 7. The van der Waals surface area contributed by atoms with Crippen molar-refractivity contribution in [2.75, 3.05) is 32.8 Å². The van der Waals surface area contributed by atoms with Crippen molar-refractivity contribution >= 4 is 17.5 Å². The van der Waals surface area contributed by atoms with Crippen LogP contribution in [0.5, 0.6) is 0 Å². The zero-order valence-electron chi connectivity index (χ0n) is 14.1. The molecule has 1 fully saturated rings. The van der Waals surface area contributed by atoms with E-state index in [9.17, 15) is 4.79 Å². The third kappa shape index (κ3) is 5.08. The normalized spacial score (nSPS) is 16.5. The van der Waals surface area contributed by atoms with Crippen LogP contribution in [0.15, 0.2) is 47.1 Å². The second kappa shape index (κ2) is 9.04.